The summed E-state index contributed by atoms with van der Waals surface area (Å²) in [5.41, 5.74) is -0.888. The standard InChI is InChI=1S/C15H21F3N4O/c16-15(17,18)13-9-14(20-11-19-13)22-6-4-21(5-7-22)10-12-3-1-2-8-23-12/h9,11-12H,1-8,10H2. The SMILES string of the molecule is FC(F)(F)c1cc(N2CCN(CC3CCCCO3)CC2)ncn1. The smallest absolute Gasteiger partial charge is 0.377 e. The second kappa shape index (κ2) is 7.00. The molecule has 3 rings (SSSR count). The van der Waals surface area contributed by atoms with Crippen molar-refractivity contribution in [1.29, 1.82) is 0 Å². The van der Waals surface area contributed by atoms with Gasteiger partial charge in [-0.3, -0.25) is 4.90 Å². The third kappa shape index (κ3) is 4.32. The molecule has 0 aromatic carbocycles. The Bertz CT molecular complexity index is 512. The summed E-state index contributed by atoms with van der Waals surface area (Å²) >= 11 is 0. The predicted molar refractivity (Wildman–Crippen MR) is 79.3 cm³/mol. The Labute approximate surface area is 133 Å². The monoisotopic (exact) mass is 330 g/mol. The van der Waals surface area contributed by atoms with Gasteiger partial charge in [0.1, 0.15) is 17.8 Å². The van der Waals surface area contributed by atoms with Crippen molar-refractivity contribution in [1.82, 2.24) is 14.9 Å². The predicted octanol–water partition coefficient (Wildman–Crippen LogP) is 2.19. The van der Waals surface area contributed by atoms with E-state index in [1.165, 1.54) is 6.42 Å². The van der Waals surface area contributed by atoms with Gasteiger partial charge in [0.15, 0.2) is 0 Å². The van der Waals surface area contributed by atoms with Crippen LogP contribution in [0.3, 0.4) is 0 Å². The van der Waals surface area contributed by atoms with Crippen LogP contribution >= 0.6 is 0 Å². The quantitative estimate of drug-likeness (QED) is 0.850. The molecule has 1 aromatic rings. The van der Waals surface area contributed by atoms with Crippen molar-refractivity contribution in [3.8, 4) is 0 Å². The van der Waals surface area contributed by atoms with Crippen molar-refractivity contribution >= 4 is 5.82 Å². The average Bonchev–Trinajstić information content (AvgIpc) is 2.56. The van der Waals surface area contributed by atoms with Gasteiger partial charge < -0.3 is 9.64 Å². The molecule has 2 fully saturated rings. The molecule has 2 aliphatic rings. The van der Waals surface area contributed by atoms with Gasteiger partial charge in [-0.25, -0.2) is 9.97 Å². The van der Waals surface area contributed by atoms with E-state index in [1.54, 1.807) is 0 Å². The van der Waals surface area contributed by atoms with Crippen molar-refractivity contribution in [2.45, 2.75) is 31.5 Å². The van der Waals surface area contributed by atoms with Gasteiger partial charge >= 0.3 is 6.18 Å². The van der Waals surface area contributed by atoms with Gasteiger partial charge in [0, 0.05) is 45.4 Å². The van der Waals surface area contributed by atoms with Gasteiger partial charge in [-0.05, 0) is 19.3 Å². The van der Waals surface area contributed by atoms with Crippen LogP contribution < -0.4 is 4.90 Å². The van der Waals surface area contributed by atoms with Crippen molar-refractivity contribution in [3.05, 3.63) is 18.1 Å². The molecule has 1 aromatic heterocycles. The lowest BCUT2D eigenvalue weighted by Crippen LogP contribution is -2.49. The second-order valence-electron chi connectivity index (χ2n) is 6.04. The van der Waals surface area contributed by atoms with Crippen LogP contribution in [0, 0.1) is 0 Å². The van der Waals surface area contributed by atoms with E-state index < -0.39 is 11.9 Å². The van der Waals surface area contributed by atoms with Crippen molar-refractivity contribution in [3.63, 3.8) is 0 Å². The van der Waals surface area contributed by atoms with Gasteiger partial charge in [-0.15, -0.1) is 0 Å². The highest BCUT2D eigenvalue weighted by molar-refractivity contribution is 5.40. The summed E-state index contributed by atoms with van der Waals surface area (Å²) in [6, 6.07) is 1.03. The maximum atomic E-state index is 12.7. The zero-order valence-electron chi connectivity index (χ0n) is 12.9. The van der Waals surface area contributed by atoms with E-state index in [0.717, 1.165) is 51.5 Å². The highest BCUT2D eigenvalue weighted by Gasteiger charge is 2.33. The molecule has 1 atom stereocenters. The first-order valence-corrected chi connectivity index (χ1v) is 8.00. The minimum atomic E-state index is -4.43. The van der Waals surface area contributed by atoms with E-state index in [0.29, 0.717) is 25.0 Å². The second-order valence-corrected chi connectivity index (χ2v) is 6.04. The van der Waals surface area contributed by atoms with Crippen LogP contribution in [0.15, 0.2) is 12.4 Å². The number of hydrogen-bond donors (Lipinski definition) is 0. The van der Waals surface area contributed by atoms with Crippen molar-refractivity contribution < 1.29 is 17.9 Å². The first kappa shape index (κ1) is 16.4. The molecule has 23 heavy (non-hydrogen) atoms. The van der Waals surface area contributed by atoms with E-state index >= 15 is 0 Å². The number of halogens is 3. The van der Waals surface area contributed by atoms with E-state index in [2.05, 4.69) is 14.9 Å². The molecule has 5 nitrogen and oxygen atoms in total. The van der Waals surface area contributed by atoms with Crippen LogP contribution in [-0.2, 0) is 10.9 Å². The fraction of sp³-hybridized carbons (Fsp3) is 0.733. The third-order valence-corrected chi connectivity index (χ3v) is 4.38. The Hall–Kier alpha value is -1.41. The van der Waals surface area contributed by atoms with E-state index in [-0.39, 0.29) is 0 Å². The molecule has 8 heteroatoms. The molecule has 2 aliphatic heterocycles. The average molecular weight is 330 g/mol. The molecular weight excluding hydrogens is 309 g/mol. The Morgan fingerprint density at radius 2 is 1.91 bits per heavy atom. The number of piperazine rings is 1. The zero-order valence-corrected chi connectivity index (χ0v) is 12.9. The van der Waals surface area contributed by atoms with Gasteiger partial charge in [0.25, 0.3) is 0 Å². The Morgan fingerprint density at radius 1 is 1.13 bits per heavy atom. The van der Waals surface area contributed by atoms with E-state index in [1.807, 2.05) is 4.90 Å². The molecule has 2 saturated heterocycles. The van der Waals surface area contributed by atoms with Crippen molar-refractivity contribution in [2.24, 2.45) is 0 Å². The van der Waals surface area contributed by atoms with Gasteiger partial charge in [-0.1, -0.05) is 0 Å². The summed E-state index contributed by atoms with van der Waals surface area (Å²) < 4.78 is 43.9. The number of hydrogen-bond acceptors (Lipinski definition) is 5. The molecular formula is C15H21F3N4O. The van der Waals surface area contributed by atoms with Gasteiger partial charge in [0.2, 0.25) is 0 Å². The Kier molecular flexibility index (Phi) is 5.01. The summed E-state index contributed by atoms with van der Waals surface area (Å²) in [5.74, 6) is 0.348. The van der Waals surface area contributed by atoms with Gasteiger partial charge in [-0.2, -0.15) is 13.2 Å². The van der Waals surface area contributed by atoms with E-state index in [4.69, 9.17) is 4.74 Å². The minimum absolute atomic E-state index is 0.297. The summed E-state index contributed by atoms with van der Waals surface area (Å²) in [6.45, 7) is 4.70. The Balaban J connectivity index is 1.54. The van der Waals surface area contributed by atoms with Crippen LogP contribution in [0.2, 0.25) is 0 Å². The van der Waals surface area contributed by atoms with Crippen LogP contribution in [0.4, 0.5) is 19.0 Å². The van der Waals surface area contributed by atoms with Gasteiger partial charge in [0.05, 0.1) is 6.10 Å². The molecule has 3 heterocycles. The summed E-state index contributed by atoms with van der Waals surface area (Å²) in [4.78, 5) is 11.5. The maximum absolute atomic E-state index is 12.7. The first-order valence-electron chi connectivity index (χ1n) is 8.00. The molecule has 0 spiro atoms. The fourth-order valence-corrected chi connectivity index (χ4v) is 3.07. The number of aromatic nitrogens is 2. The summed E-state index contributed by atoms with van der Waals surface area (Å²) in [5, 5.41) is 0. The van der Waals surface area contributed by atoms with Crippen LogP contribution in [-0.4, -0.2) is 60.3 Å². The van der Waals surface area contributed by atoms with Crippen LogP contribution in [0.5, 0.6) is 0 Å². The molecule has 0 bridgehead atoms. The topological polar surface area (TPSA) is 41.5 Å². The number of ether oxygens (including phenoxy) is 1. The number of alkyl halides is 3. The molecule has 0 radical (unpaired) electrons. The molecule has 128 valence electrons. The lowest BCUT2D eigenvalue weighted by atomic mass is 10.1. The normalized spacial score (nSPS) is 24.0. The lowest BCUT2D eigenvalue weighted by Gasteiger charge is -2.37. The summed E-state index contributed by atoms with van der Waals surface area (Å²) in [7, 11) is 0. The number of anilines is 1. The van der Waals surface area contributed by atoms with E-state index in [9.17, 15) is 13.2 Å². The van der Waals surface area contributed by atoms with Crippen molar-refractivity contribution in [2.75, 3.05) is 44.2 Å². The minimum Gasteiger partial charge on any atom is -0.377 e. The molecule has 0 amide bonds. The molecule has 0 saturated carbocycles. The Morgan fingerprint density at radius 3 is 2.57 bits per heavy atom. The first-order chi connectivity index (χ1) is 11.0. The maximum Gasteiger partial charge on any atom is 0.433 e. The number of nitrogens with zero attached hydrogens (tertiary/aromatic N) is 4. The third-order valence-electron chi connectivity index (χ3n) is 4.38. The highest BCUT2D eigenvalue weighted by atomic mass is 19.4. The zero-order chi connectivity index (χ0) is 16.3. The molecule has 0 N–H and O–H groups in total. The largest absolute Gasteiger partial charge is 0.433 e. The molecule has 0 aliphatic carbocycles. The number of rotatable bonds is 3. The highest BCUT2D eigenvalue weighted by Crippen LogP contribution is 2.29. The van der Waals surface area contributed by atoms with Crippen LogP contribution in [0.1, 0.15) is 25.0 Å². The summed E-state index contributed by atoms with van der Waals surface area (Å²) in [6.07, 6.45) is 0.302. The van der Waals surface area contributed by atoms with Crippen LogP contribution in [0.25, 0.3) is 0 Å². The lowest BCUT2D eigenvalue weighted by molar-refractivity contribution is -0.141. The fourth-order valence-electron chi connectivity index (χ4n) is 3.07. The molecule has 1 unspecified atom stereocenters.